The first-order valence-electron chi connectivity index (χ1n) is 5.11. The number of ether oxygens (including phenoxy) is 1. The molecule has 0 unspecified atom stereocenters. The molecule has 0 atom stereocenters. The molecule has 0 amide bonds. The summed E-state index contributed by atoms with van der Waals surface area (Å²) in [4.78, 5) is 8.81. The molecule has 4 nitrogen and oxygen atoms in total. The van der Waals surface area contributed by atoms with E-state index < -0.39 is 0 Å². The third kappa shape index (κ3) is 2.41. The molecule has 0 saturated heterocycles. The largest absolute Gasteiger partial charge is 0.383 e. The first-order valence-corrected chi connectivity index (χ1v) is 6.26. The lowest BCUT2D eigenvalue weighted by Gasteiger charge is -2.17. The topological polar surface area (TPSA) is 61.0 Å². The lowest BCUT2D eigenvalue weighted by molar-refractivity contribution is 0.109. The zero-order chi connectivity index (χ0) is 10.7. The summed E-state index contributed by atoms with van der Waals surface area (Å²) in [5.74, 6) is 3.35. The van der Waals surface area contributed by atoms with Crippen LogP contribution in [0.5, 0.6) is 0 Å². The molecule has 1 aliphatic heterocycles. The van der Waals surface area contributed by atoms with Crippen molar-refractivity contribution in [2.24, 2.45) is 0 Å². The van der Waals surface area contributed by atoms with Gasteiger partial charge in [0.2, 0.25) is 0 Å². The SMILES string of the molecule is CCSCc1nc(N)c2c(n1)CCOC2. The summed E-state index contributed by atoms with van der Waals surface area (Å²) in [6.45, 7) is 3.42. The summed E-state index contributed by atoms with van der Waals surface area (Å²) < 4.78 is 5.33. The zero-order valence-corrected chi connectivity index (χ0v) is 9.64. The lowest BCUT2D eigenvalue weighted by atomic mass is 10.1. The van der Waals surface area contributed by atoms with Gasteiger partial charge in [0, 0.05) is 12.0 Å². The van der Waals surface area contributed by atoms with E-state index in [0.29, 0.717) is 12.4 Å². The van der Waals surface area contributed by atoms with Crippen molar-refractivity contribution in [3.63, 3.8) is 0 Å². The van der Waals surface area contributed by atoms with E-state index in [9.17, 15) is 0 Å². The fraction of sp³-hybridized carbons (Fsp3) is 0.600. The maximum atomic E-state index is 5.87. The predicted molar refractivity (Wildman–Crippen MR) is 61.6 cm³/mol. The number of nitrogens with two attached hydrogens (primary N) is 1. The Hall–Kier alpha value is -0.810. The number of hydrogen-bond donors (Lipinski definition) is 1. The van der Waals surface area contributed by atoms with E-state index in [1.54, 1.807) is 0 Å². The van der Waals surface area contributed by atoms with Crippen LogP contribution < -0.4 is 5.73 Å². The number of hydrogen-bond acceptors (Lipinski definition) is 5. The molecule has 0 fully saturated rings. The van der Waals surface area contributed by atoms with Crippen molar-refractivity contribution in [3.8, 4) is 0 Å². The van der Waals surface area contributed by atoms with E-state index in [2.05, 4.69) is 16.9 Å². The minimum Gasteiger partial charge on any atom is -0.383 e. The Balaban J connectivity index is 2.24. The van der Waals surface area contributed by atoms with Crippen LogP contribution in [0.4, 0.5) is 5.82 Å². The molecule has 5 heteroatoms. The second-order valence-corrected chi connectivity index (χ2v) is 4.66. The third-order valence-electron chi connectivity index (χ3n) is 2.34. The molecule has 0 saturated carbocycles. The molecule has 2 rings (SSSR count). The van der Waals surface area contributed by atoms with Gasteiger partial charge in [0.05, 0.1) is 24.7 Å². The average Bonchev–Trinajstić information content (AvgIpc) is 2.26. The summed E-state index contributed by atoms with van der Waals surface area (Å²) in [5.41, 5.74) is 7.92. The Morgan fingerprint density at radius 3 is 3.13 bits per heavy atom. The van der Waals surface area contributed by atoms with Gasteiger partial charge in [-0.1, -0.05) is 6.92 Å². The van der Waals surface area contributed by atoms with Gasteiger partial charge in [0.15, 0.2) is 0 Å². The van der Waals surface area contributed by atoms with Gasteiger partial charge in [-0.15, -0.1) is 0 Å². The quantitative estimate of drug-likeness (QED) is 0.842. The van der Waals surface area contributed by atoms with Crippen LogP contribution in [0.1, 0.15) is 24.0 Å². The van der Waals surface area contributed by atoms with Gasteiger partial charge >= 0.3 is 0 Å². The second-order valence-electron chi connectivity index (χ2n) is 3.39. The van der Waals surface area contributed by atoms with Crippen LogP contribution in [0.2, 0.25) is 0 Å². The van der Waals surface area contributed by atoms with Gasteiger partial charge in [-0.05, 0) is 5.75 Å². The number of aromatic nitrogens is 2. The fourth-order valence-corrected chi connectivity index (χ4v) is 2.08. The van der Waals surface area contributed by atoms with Gasteiger partial charge in [-0.2, -0.15) is 11.8 Å². The molecule has 0 spiro atoms. The maximum Gasteiger partial charge on any atom is 0.140 e. The molecule has 0 bridgehead atoms. The van der Waals surface area contributed by atoms with Crippen molar-refractivity contribution in [1.29, 1.82) is 0 Å². The van der Waals surface area contributed by atoms with Crippen LogP contribution in [0.25, 0.3) is 0 Å². The molecule has 2 N–H and O–H groups in total. The van der Waals surface area contributed by atoms with Crippen molar-refractivity contribution in [2.75, 3.05) is 18.1 Å². The summed E-state index contributed by atoms with van der Waals surface area (Å²) in [6.07, 6.45) is 0.853. The molecule has 15 heavy (non-hydrogen) atoms. The maximum absolute atomic E-state index is 5.87. The highest BCUT2D eigenvalue weighted by molar-refractivity contribution is 7.98. The molecule has 0 aromatic carbocycles. The van der Waals surface area contributed by atoms with Crippen LogP contribution >= 0.6 is 11.8 Å². The van der Waals surface area contributed by atoms with Gasteiger partial charge in [-0.3, -0.25) is 0 Å². The smallest absolute Gasteiger partial charge is 0.140 e. The number of nitrogens with zero attached hydrogens (tertiary/aromatic N) is 2. The number of anilines is 1. The van der Waals surface area contributed by atoms with Crippen LogP contribution in [-0.4, -0.2) is 22.3 Å². The number of rotatable bonds is 3. The average molecular weight is 225 g/mol. The van der Waals surface area contributed by atoms with Crippen LogP contribution in [-0.2, 0) is 23.5 Å². The molecule has 0 radical (unpaired) electrons. The van der Waals surface area contributed by atoms with E-state index >= 15 is 0 Å². The fourth-order valence-electron chi connectivity index (χ4n) is 1.57. The minimum atomic E-state index is 0.558. The Morgan fingerprint density at radius 1 is 1.47 bits per heavy atom. The standard InChI is InChI=1S/C10H15N3OS/c1-2-15-6-9-12-8-3-4-14-5-7(8)10(11)13-9/h2-6H2,1H3,(H2,11,12,13). The van der Waals surface area contributed by atoms with E-state index in [0.717, 1.165) is 41.6 Å². The molecule has 1 aliphatic rings. The molecule has 2 heterocycles. The number of fused-ring (bicyclic) bond motifs is 1. The Bertz CT molecular complexity index is 357. The van der Waals surface area contributed by atoms with Crippen molar-refractivity contribution >= 4 is 17.6 Å². The number of thioether (sulfide) groups is 1. The highest BCUT2D eigenvalue weighted by Gasteiger charge is 2.16. The summed E-state index contributed by atoms with van der Waals surface area (Å²) in [5, 5.41) is 0. The van der Waals surface area contributed by atoms with Crippen LogP contribution in [0, 0.1) is 0 Å². The normalized spacial score (nSPS) is 15.0. The molecule has 1 aromatic heterocycles. The Labute approximate surface area is 93.6 Å². The van der Waals surface area contributed by atoms with Gasteiger partial charge in [0.25, 0.3) is 0 Å². The zero-order valence-electron chi connectivity index (χ0n) is 8.82. The molecular formula is C10H15N3OS. The van der Waals surface area contributed by atoms with Crippen LogP contribution in [0.15, 0.2) is 0 Å². The van der Waals surface area contributed by atoms with Crippen molar-refractivity contribution in [1.82, 2.24) is 9.97 Å². The van der Waals surface area contributed by atoms with Crippen molar-refractivity contribution in [3.05, 3.63) is 17.1 Å². The highest BCUT2D eigenvalue weighted by Crippen LogP contribution is 2.21. The molecule has 1 aromatic rings. The van der Waals surface area contributed by atoms with E-state index in [4.69, 9.17) is 10.5 Å². The lowest BCUT2D eigenvalue weighted by Crippen LogP contribution is -2.16. The van der Waals surface area contributed by atoms with Gasteiger partial charge < -0.3 is 10.5 Å². The second kappa shape index (κ2) is 4.81. The monoisotopic (exact) mass is 225 g/mol. The molecular weight excluding hydrogens is 210 g/mol. The third-order valence-corrected chi connectivity index (χ3v) is 3.21. The molecule has 0 aliphatic carbocycles. The minimum absolute atomic E-state index is 0.558. The summed E-state index contributed by atoms with van der Waals surface area (Å²) in [7, 11) is 0. The van der Waals surface area contributed by atoms with E-state index in [1.165, 1.54) is 0 Å². The first kappa shape index (κ1) is 10.7. The van der Waals surface area contributed by atoms with Gasteiger partial charge in [-0.25, -0.2) is 9.97 Å². The Morgan fingerprint density at radius 2 is 2.33 bits per heavy atom. The van der Waals surface area contributed by atoms with Crippen molar-refractivity contribution < 1.29 is 4.74 Å². The van der Waals surface area contributed by atoms with Gasteiger partial charge in [0.1, 0.15) is 11.6 Å². The van der Waals surface area contributed by atoms with E-state index in [-0.39, 0.29) is 0 Å². The summed E-state index contributed by atoms with van der Waals surface area (Å²) >= 11 is 1.81. The summed E-state index contributed by atoms with van der Waals surface area (Å²) in [6, 6.07) is 0. The van der Waals surface area contributed by atoms with E-state index in [1.807, 2.05) is 11.8 Å². The first-order chi connectivity index (χ1) is 7.31. The predicted octanol–water partition coefficient (Wildman–Crippen LogP) is 1.38. The number of nitrogen functional groups attached to an aromatic ring is 1. The highest BCUT2D eigenvalue weighted by atomic mass is 32.2. The van der Waals surface area contributed by atoms with Crippen molar-refractivity contribution in [2.45, 2.75) is 25.7 Å². The Kier molecular flexibility index (Phi) is 3.43. The van der Waals surface area contributed by atoms with Crippen LogP contribution in [0.3, 0.4) is 0 Å². The molecule has 82 valence electrons.